The highest BCUT2D eigenvalue weighted by atomic mass is 32.2. The summed E-state index contributed by atoms with van der Waals surface area (Å²) in [5.74, 6) is 1.19. The fourth-order valence-corrected chi connectivity index (χ4v) is 4.56. The molecule has 0 aliphatic carbocycles. The number of nitrogens with zero attached hydrogens (tertiary/aromatic N) is 2. The molecule has 1 aromatic carbocycles. The Morgan fingerprint density at radius 1 is 1.21 bits per heavy atom. The summed E-state index contributed by atoms with van der Waals surface area (Å²) in [6.07, 6.45) is 5.06. The van der Waals surface area contributed by atoms with Crippen LogP contribution in [0.25, 0.3) is 0 Å². The topological polar surface area (TPSA) is 35.6 Å². The van der Waals surface area contributed by atoms with Crippen LogP contribution in [-0.4, -0.2) is 55.8 Å². The van der Waals surface area contributed by atoms with Gasteiger partial charge in [-0.1, -0.05) is 6.42 Å². The van der Waals surface area contributed by atoms with Crippen LogP contribution in [0.3, 0.4) is 0 Å². The molecule has 1 saturated heterocycles. The van der Waals surface area contributed by atoms with E-state index in [0.29, 0.717) is 0 Å². The first-order chi connectivity index (χ1) is 11.8. The molecule has 132 valence electrons. The number of hydrogen-bond donors (Lipinski definition) is 1. The highest BCUT2D eigenvalue weighted by Crippen LogP contribution is 2.35. The Labute approximate surface area is 150 Å². The number of amides is 1. The van der Waals surface area contributed by atoms with Crippen molar-refractivity contribution in [2.45, 2.75) is 37.5 Å². The van der Waals surface area contributed by atoms with Crippen molar-refractivity contribution in [3.8, 4) is 0 Å². The van der Waals surface area contributed by atoms with Crippen LogP contribution < -0.4 is 10.2 Å². The minimum absolute atomic E-state index is 0.0584. The van der Waals surface area contributed by atoms with E-state index in [2.05, 4.69) is 34.2 Å². The van der Waals surface area contributed by atoms with E-state index in [1.54, 1.807) is 0 Å². The van der Waals surface area contributed by atoms with Gasteiger partial charge in [-0.3, -0.25) is 4.79 Å². The van der Waals surface area contributed by atoms with Gasteiger partial charge >= 0.3 is 0 Å². The first kappa shape index (κ1) is 17.6. The summed E-state index contributed by atoms with van der Waals surface area (Å²) in [7, 11) is 0. The molecule has 0 aromatic heterocycles. The molecule has 2 aliphatic rings. The fraction of sp³-hybridized carbons (Fsp3) is 0.632. The number of hydrogen-bond acceptors (Lipinski definition) is 4. The number of rotatable bonds is 6. The molecule has 2 heterocycles. The van der Waals surface area contributed by atoms with Crippen LogP contribution in [0.4, 0.5) is 5.69 Å². The lowest BCUT2D eigenvalue weighted by Gasteiger charge is -2.30. The summed E-state index contributed by atoms with van der Waals surface area (Å²) in [6.45, 7) is 8.55. The molecule has 0 radical (unpaired) electrons. The average molecular weight is 348 g/mol. The van der Waals surface area contributed by atoms with Gasteiger partial charge in [-0.2, -0.15) is 0 Å². The molecular formula is C19H29N3OS. The predicted octanol–water partition coefficient (Wildman–Crippen LogP) is 3.22. The van der Waals surface area contributed by atoms with Crippen LogP contribution in [0.5, 0.6) is 0 Å². The van der Waals surface area contributed by atoms with Gasteiger partial charge in [0.25, 0.3) is 5.91 Å². The van der Waals surface area contributed by atoms with Gasteiger partial charge in [-0.25, -0.2) is 0 Å². The lowest BCUT2D eigenvalue weighted by Crippen LogP contribution is -2.33. The number of benzene rings is 1. The Bertz CT molecular complexity index is 558. The van der Waals surface area contributed by atoms with E-state index in [1.807, 2.05) is 17.8 Å². The van der Waals surface area contributed by atoms with Gasteiger partial charge in [-0.15, -0.1) is 11.8 Å². The zero-order valence-electron chi connectivity index (χ0n) is 14.7. The first-order valence-corrected chi connectivity index (χ1v) is 10.3. The average Bonchev–Trinajstić information content (AvgIpc) is 2.65. The Kier molecular flexibility index (Phi) is 6.44. The SMILES string of the molecule is CCN1CCSc2ccc(C(=O)NCCCN3CCCCC3)cc21. The first-order valence-electron chi connectivity index (χ1n) is 9.30. The minimum atomic E-state index is 0.0584. The molecule has 1 fully saturated rings. The number of carbonyl (C=O) groups is 1. The second-order valence-electron chi connectivity index (χ2n) is 6.62. The Morgan fingerprint density at radius 2 is 2.04 bits per heavy atom. The van der Waals surface area contributed by atoms with Crippen LogP contribution >= 0.6 is 11.8 Å². The second kappa shape index (κ2) is 8.77. The molecule has 1 aromatic rings. The van der Waals surface area contributed by atoms with Crippen molar-refractivity contribution in [1.29, 1.82) is 0 Å². The van der Waals surface area contributed by atoms with Crippen molar-refractivity contribution < 1.29 is 4.79 Å². The quantitative estimate of drug-likeness (QED) is 0.802. The van der Waals surface area contributed by atoms with Crippen LogP contribution in [0.1, 0.15) is 43.0 Å². The van der Waals surface area contributed by atoms with Gasteiger partial charge < -0.3 is 15.1 Å². The van der Waals surface area contributed by atoms with Crippen molar-refractivity contribution in [1.82, 2.24) is 10.2 Å². The van der Waals surface area contributed by atoms with E-state index in [-0.39, 0.29) is 5.91 Å². The van der Waals surface area contributed by atoms with Crippen molar-refractivity contribution in [3.05, 3.63) is 23.8 Å². The highest BCUT2D eigenvalue weighted by Gasteiger charge is 2.18. The van der Waals surface area contributed by atoms with Crippen LogP contribution in [0, 0.1) is 0 Å². The van der Waals surface area contributed by atoms with Gasteiger partial charge in [0.2, 0.25) is 0 Å². The van der Waals surface area contributed by atoms with Crippen molar-refractivity contribution >= 4 is 23.4 Å². The van der Waals surface area contributed by atoms with E-state index >= 15 is 0 Å². The van der Waals surface area contributed by atoms with Crippen molar-refractivity contribution in [2.24, 2.45) is 0 Å². The van der Waals surface area contributed by atoms with Gasteiger partial charge in [0.1, 0.15) is 0 Å². The van der Waals surface area contributed by atoms with E-state index in [9.17, 15) is 4.79 Å². The van der Waals surface area contributed by atoms with Crippen molar-refractivity contribution in [2.75, 3.05) is 49.9 Å². The molecule has 3 rings (SSSR count). The summed E-state index contributed by atoms with van der Waals surface area (Å²) in [6, 6.07) is 6.13. The molecule has 1 amide bonds. The van der Waals surface area contributed by atoms with Crippen molar-refractivity contribution in [3.63, 3.8) is 0 Å². The van der Waals surface area contributed by atoms with Gasteiger partial charge in [0.05, 0.1) is 5.69 Å². The Morgan fingerprint density at radius 3 is 2.83 bits per heavy atom. The normalized spacial score (nSPS) is 18.3. The Hall–Kier alpha value is -1.20. The predicted molar refractivity (Wildman–Crippen MR) is 102 cm³/mol. The third kappa shape index (κ3) is 4.45. The largest absolute Gasteiger partial charge is 0.370 e. The number of anilines is 1. The smallest absolute Gasteiger partial charge is 0.251 e. The summed E-state index contributed by atoms with van der Waals surface area (Å²) >= 11 is 1.89. The molecular weight excluding hydrogens is 318 g/mol. The molecule has 0 saturated carbocycles. The zero-order valence-corrected chi connectivity index (χ0v) is 15.5. The number of carbonyl (C=O) groups excluding carboxylic acids is 1. The molecule has 0 bridgehead atoms. The molecule has 0 unspecified atom stereocenters. The van der Waals surface area contributed by atoms with Crippen LogP contribution in [0.2, 0.25) is 0 Å². The standard InChI is InChI=1S/C19H29N3OS/c1-2-22-13-14-24-18-8-7-16(15-17(18)22)19(23)20-9-6-12-21-10-4-3-5-11-21/h7-8,15H,2-6,9-14H2,1H3,(H,20,23). The van der Waals surface area contributed by atoms with Gasteiger partial charge in [-0.05, 0) is 64.0 Å². The maximum Gasteiger partial charge on any atom is 0.251 e. The lowest BCUT2D eigenvalue weighted by atomic mass is 10.1. The number of fused-ring (bicyclic) bond motifs is 1. The molecule has 0 atom stereocenters. The maximum absolute atomic E-state index is 12.4. The van der Waals surface area contributed by atoms with Crippen LogP contribution in [0.15, 0.2) is 23.1 Å². The van der Waals surface area contributed by atoms with Gasteiger partial charge in [0.15, 0.2) is 0 Å². The molecule has 2 aliphatic heterocycles. The summed E-state index contributed by atoms with van der Waals surface area (Å²) in [5.41, 5.74) is 2.00. The summed E-state index contributed by atoms with van der Waals surface area (Å²) in [5, 5.41) is 3.09. The van der Waals surface area contributed by atoms with Crippen LogP contribution in [-0.2, 0) is 0 Å². The van der Waals surface area contributed by atoms with Gasteiger partial charge in [0, 0.05) is 35.8 Å². The van der Waals surface area contributed by atoms with E-state index < -0.39 is 0 Å². The second-order valence-corrected chi connectivity index (χ2v) is 7.76. The molecule has 5 heteroatoms. The lowest BCUT2D eigenvalue weighted by molar-refractivity contribution is 0.0951. The Balaban J connectivity index is 1.49. The van der Waals surface area contributed by atoms with E-state index in [0.717, 1.165) is 43.9 Å². The maximum atomic E-state index is 12.4. The number of nitrogens with one attached hydrogen (secondary N) is 1. The number of likely N-dealkylation sites (tertiary alicyclic amines) is 1. The molecule has 24 heavy (non-hydrogen) atoms. The number of piperidine rings is 1. The zero-order chi connectivity index (χ0) is 16.8. The van der Waals surface area contributed by atoms with E-state index in [1.165, 1.54) is 42.9 Å². The molecule has 4 nitrogen and oxygen atoms in total. The molecule has 0 spiro atoms. The highest BCUT2D eigenvalue weighted by molar-refractivity contribution is 7.99. The third-order valence-corrected chi connectivity index (χ3v) is 5.99. The number of thioether (sulfide) groups is 1. The minimum Gasteiger partial charge on any atom is -0.370 e. The van der Waals surface area contributed by atoms with E-state index in [4.69, 9.17) is 0 Å². The third-order valence-electron chi connectivity index (χ3n) is 4.95. The summed E-state index contributed by atoms with van der Waals surface area (Å²) < 4.78 is 0. The fourth-order valence-electron chi connectivity index (χ4n) is 3.53. The molecule has 1 N–H and O–H groups in total. The monoisotopic (exact) mass is 347 g/mol. The summed E-state index contributed by atoms with van der Waals surface area (Å²) in [4.78, 5) is 18.6.